The van der Waals surface area contributed by atoms with E-state index >= 15 is 0 Å². The van der Waals surface area contributed by atoms with Gasteiger partial charge < -0.3 is 20.1 Å². The number of rotatable bonds is 7. The molecule has 1 amide bonds. The van der Waals surface area contributed by atoms with Crippen LogP contribution >= 0.6 is 0 Å². The molecular formula is C23H28F2N2O3. The van der Waals surface area contributed by atoms with Crippen molar-refractivity contribution >= 4 is 11.6 Å². The summed E-state index contributed by atoms with van der Waals surface area (Å²) >= 11 is 0. The van der Waals surface area contributed by atoms with Crippen molar-refractivity contribution in [2.75, 3.05) is 24.6 Å². The Morgan fingerprint density at radius 3 is 2.27 bits per heavy atom. The second-order valence-electron chi connectivity index (χ2n) is 7.63. The third kappa shape index (κ3) is 7.21. The molecule has 1 heterocycles. The summed E-state index contributed by atoms with van der Waals surface area (Å²) in [4.78, 5) is 12.9. The van der Waals surface area contributed by atoms with Gasteiger partial charge in [0.2, 0.25) is 0 Å². The number of aromatic hydroxyl groups is 1. The van der Waals surface area contributed by atoms with Crippen LogP contribution in [0, 0.1) is 5.92 Å². The Kier molecular flexibility index (Phi) is 7.88. The number of benzene rings is 2. The number of amides is 1. The maximum Gasteiger partial charge on any atom is 0.315 e. The molecule has 0 unspecified atom stereocenters. The first-order valence-electron chi connectivity index (χ1n) is 10.3. The SMILES string of the molecule is O=C(NCc1ccc(O)cc1)C(F)F.c1cc(N2CCCC2)ccc1OCC1CC1. The molecule has 0 aromatic heterocycles. The molecule has 2 aromatic rings. The van der Waals surface area contributed by atoms with E-state index in [4.69, 9.17) is 9.84 Å². The summed E-state index contributed by atoms with van der Waals surface area (Å²) in [7, 11) is 0. The lowest BCUT2D eigenvalue weighted by atomic mass is 10.2. The third-order valence-corrected chi connectivity index (χ3v) is 5.09. The van der Waals surface area contributed by atoms with Crippen LogP contribution in [-0.2, 0) is 11.3 Å². The van der Waals surface area contributed by atoms with Gasteiger partial charge in [0.25, 0.3) is 5.91 Å². The van der Waals surface area contributed by atoms with Crippen LogP contribution in [0.15, 0.2) is 48.5 Å². The predicted octanol–water partition coefficient (Wildman–Crippen LogP) is 4.35. The number of carbonyl (C=O) groups excluding carboxylic acids is 1. The van der Waals surface area contributed by atoms with E-state index in [0.717, 1.165) is 18.3 Å². The van der Waals surface area contributed by atoms with Crippen molar-refractivity contribution in [1.29, 1.82) is 0 Å². The van der Waals surface area contributed by atoms with E-state index in [2.05, 4.69) is 29.2 Å². The molecule has 0 atom stereocenters. The van der Waals surface area contributed by atoms with Crippen molar-refractivity contribution in [2.24, 2.45) is 5.92 Å². The number of halogens is 2. The molecule has 4 rings (SSSR count). The highest BCUT2D eigenvalue weighted by Gasteiger charge is 2.22. The summed E-state index contributed by atoms with van der Waals surface area (Å²) in [6, 6.07) is 14.5. The fraction of sp³-hybridized carbons (Fsp3) is 0.435. The standard InChI is InChI=1S/C14H19NO.C9H9F2NO2/c1-2-10-15(9-1)13-5-7-14(8-6-13)16-11-12-3-4-12;10-8(11)9(14)12-5-6-1-3-7(13)4-2-6/h5-8,12H,1-4,9-11H2;1-4,8,13H,5H2,(H,12,14). The molecule has 0 bridgehead atoms. The number of carbonyl (C=O) groups is 1. The van der Waals surface area contributed by atoms with Gasteiger partial charge in [-0.25, -0.2) is 0 Å². The number of nitrogens with one attached hydrogen (secondary N) is 1. The lowest BCUT2D eigenvalue weighted by Crippen LogP contribution is -2.28. The highest BCUT2D eigenvalue weighted by molar-refractivity contribution is 5.79. The van der Waals surface area contributed by atoms with Crippen molar-refractivity contribution in [3.8, 4) is 11.5 Å². The van der Waals surface area contributed by atoms with Gasteiger partial charge in [-0.3, -0.25) is 4.79 Å². The second kappa shape index (κ2) is 10.8. The second-order valence-corrected chi connectivity index (χ2v) is 7.63. The molecular weight excluding hydrogens is 390 g/mol. The summed E-state index contributed by atoms with van der Waals surface area (Å²) in [5.74, 6) is 0.653. The molecule has 1 aliphatic heterocycles. The van der Waals surface area contributed by atoms with Crippen molar-refractivity contribution < 1.29 is 23.4 Å². The molecule has 30 heavy (non-hydrogen) atoms. The first-order chi connectivity index (χ1) is 14.5. The van der Waals surface area contributed by atoms with Crippen LogP contribution in [0.2, 0.25) is 0 Å². The molecule has 7 heteroatoms. The molecule has 2 aromatic carbocycles. The lowest BCUT2D eigenvalue weighted by molar-refractivity contribution is -0.131. The number of anilines is 1. The lowest BCUT2D eigenvalue weighted by Gasteiger charge is -2.17. The van der Waals surface area contributed by atoms with Crippen LogP contribution in [0.25, 0.3) is 0 Å². The van der Waals surface area contributed by atoms with Crippen LogP contribution in [0.1, 0.15) is 31.2 Å². The quantitative estimate of drug-likeness (QED) is 0.702. The molecule has 162 valence electrons. The van der Waals surface area contributed by atoms with Crippen molar-refractivity contribution in [3.63, 3.8) is 0 Å². The fourth-order valence-electron chi connectivity index (χ4n) is 3.11. The van der Waals surface area contributed by atoms with Crippen LogP contribution in [0.4, 0.5) is 14.5 Å². The zero-order valence-corrected chi connectivity index (χ0v) is 16.9. The van der Waals surface area contributed by atoms with Gasteiger partial charge >= 0.3 is 6.43 Å². The Morgan fingerprint density at radius 1 is 1.07 bits per heavy atom. The number of phenolic OH excluding ortho intramolecular Hbond substituents is 1. The molecule has 0 radical (unpaired) electrons. The maximum absolute atomic E-state index is 11.7. The summed E-state index contributed by atoms with van der Waals surface area (Å²) in [5.41, 5.74) is 1.99. The van der Waals surface area contributed by atoms with Gasteiger partial charge in [-0.1, -0.05) is 12.1 Å². The number of hydrogen-bond donors (Lipinski definition) is 2. The Morgan fingerprint density at radius 2 is 1.70 bits per heavy atom. The van der Waals surface area contributed by atoms with Gasteiger partial charge in [0.05, 0.1) is 6.61 Å². The van der Waals surface area contributed by atoms with Gasteiger partial charge in [-0.15, -0.1) is 0 Å². The van der Waals surface area contributed by atoms with Crippen molar-refractivity contribution in [2.45, 2.75) is 38.7 Å². The van der Waals surface area contributed by atoms with Gasteiger partial charge in [0.15, 0.2) is 0 Å². The number of nitrogens with zero attached hydrogens (tertiary/aromatic N) is 1. The van der Waals surface area contributed by atoms with E-state index in [9.17, 15) is 13.6 Å². The molecule has 0 spiro atoms. The van der Waals surface area contributed by atoms with E-state index in [0.29, 0.717) is 5.56 Å². The summed E-state index contributed by atoms with van der Waals surface area (Å²) in [6.45, 7) is 3.36. The maximum atomic E-state index is 11.7. The molecule has 1 aliphatic carbocycles. The van der Waals surface area contributed by atoms with E-state index in [1.165, 1.54) is 56.6 Å². The zero-order valence-electron chi connectivity index (χ0n) is 16.9. The van der Waals surface area contributed by atoms with E-state index in [1.54, 1.807) is 12.1 Å². The van der Waals surface area contributed by atoms with Crippen molar-refractivity contribution in [3.05, 3.63) is 54.1 Å². The minimum Gasteiger partial charge on any atom is -0.508 e. The normalized spacial score (nSPS) is 15.5. The number of ether oxygens (including phenoxy) is 1. The average molecular weight is 418 g/mol. The minimum absolute atomic E-state index is 0.0312. The first kappa shape index (κ1) is 21.9. The summed E-state index contributed by atoms with van der Waals surface area (Å²) < 4.78 is 29.2. The Balaban J connectivity index is 0.000000173. The zero-order chi connectivity index (χ0) is 21.3. The summed E-state index contributed by atoms with van der Waals surface area (Å²) in [6.07, 6.45) is 2.38. The molecule has 1 saturated carbocycles. The van der Waals surface area contributed by atoms with Gasteiger partial charge in [0.1, 0.15) is 11.5 Å². The molecule has 2 aliphatic rings. The predicted molar refractivity (Wildman–Crippen MR) is 112 cm³/mol. The summed E-state index contributed by atoms with van der Waals surface area (Å²) in [5, 5.41) is 11.0. The van der Waals surface area contributed by atoms with Crippen molar-refractivity contribution in [1.82, 2.24) is 5.32 Å². The van der Waals surface area contributed by atoms with Gasteiger partial charge in [-0.2, -0.15) is 8.78 Å². The smallest absolute Gasteiger partial charge is 0.315 e. The third-order valence-electron chi connectivity index (χ3n) is 5.09. The van der Waals surface area contributed by atoms with E-state index < -0.39 is 12.3 Å². The highest BCUT2D eigenvalue weighted by Crippen LogP contribution is 2.30. The number of phenols is 1. The highest BCUT2D eigenvalue weighted by atomic mass is 19.3. The van der Waals surface area contributed by atoms with Crippen LogP contribution in [-0.4, -0.2) is 37.1 Å². The fourth-order valence-corrected chi connectivity index (χ4v) is 3.11. The number of hydrogen-bond acceptors (Lipinski definition) is 4. The Hall–Kier alpha value is -2.83. The number of alkyl halides is 2. The van der Waals surface area contributed by atoms with E-state index in [-0.39, 0.29) is 12.3 Å². The molecule has 2 fully saturated rings. The van der Waals surface area contributed by atoms with Gasteiger partial charge in [0, 0.05) is 25.3 Å². The first-order valence-corrected chi connectivity index (χ1v) is 10.3. The largest absolute Gasteiger partial charge is 0.508 e. The van der Waals surface area contributed by atoms with Gasteiger partial charge in [-0.05, 0) is 73.6 Å². The van der Waals surface area contributed by atoms with E-state index in [1.807, 2.05) is 5.32 Å². The Labute approximate surface area is 175 Å². The Bertz CT molecular complexity index is 787. The average Bonchev–Trinajstić information content (AvgIpc) is 3.43. The topological polar surface area (TPSA) is 61.8 Å². The minimum atomic E-state index is -2.99. The molecule has 2 N–H and O–H groups in total. The van der Waals surface area contributed by atoms with Crippen LogP contribution in [0.5, 0.6) is 11.5 Å². The van der Waals surface area contributed by atoms with Crippen LogP contribution in [0.3, 0.4) is 0 Å². The molecule has 1 saturated heterocycles. The molecule has 5 nitrogen and oxygen atoms in total. The monoisotopic (exact) mass is 418 g/mol. The van der Waals surface area contributed by atoms with Crippen LogP contribution < -0.4 is 15.0 Å².